The van der Waals surface area contributed by atoms with Gasteiger partial charge in [0.05, 0.1) is 0 Å². The monoisotopic (exact) mass is 338 g/mol. The maximum atomic E-state index is 3.61. The minimum Gasteiger partial charge on any atom is -0.316 e. The Kier molecular flexibility index (Phi) is 6.53. The van der Waals surface area contributed by atoms with Crippen LogP contribution in [0.1, 0.15) is 32.3 Å². The highest BCUT2D eigenvalue weighted by Crippen LogP contribution is 2.19. The molecular formula is C17H27BrN2. The van der Waals surface area contributed by atoms with Gasteiger partial charge in [-0.25, -0.2) is 0 Å². The Morgan fingerprint density at radius 2 is 2.25 bits per heavy atom. The zero-order valence-electron chi connectivity index (χ0n) is 12.7. The van der Waals surface area contributed by atoms with Crippen molar-refractivity contribution in [2.24, 2.45) is 11.8 Å². The second-order valence-electron chi connectivity index (χ2n) is 6.43. The summed E-state index contributed by atoms with van der Waals surface area (Å²) >= 11 is 3.56. The molecule has 1 N–H and O–H groups in total. The maximum Gasteiger partial charge on any atom is 0.0234 e. The lowest BCUT2D eigenvalue weighted by Gasteiger charge is -2.33. The molecule has 1 aromatic rings. The molecule has 1 aliphatic heterocycles. The first-order valence-corrected chi connectivity index (χ1v) is 8.60. The summed E-state index contributed by atoms with van der Waals surface area (Å²) in [5.41, 5.74) is 1.41. The quantitative estimate of drug-likeness (QED) is 0.845. The van der Waals surface area contributed by atoms with E-state index in [0.29, 0.717) is 0 Å². The SMILES string of the molecule is CC(C)CNCC1CCCN(Cc2cccc(Br)c2)C1. The molecule has 20 heavy (non-hydrogen) atoms. The van der Waals surface area contributed by atoms with Gasteiger partial charge in [0, 0.05) is 17.6 Å². The average molecular weight is 339 g/mol. The topological polar surface area (TPSA) is 15.3 Å². The van der Waals surface area contributed by atoms with Gasteiger partial charge in [0.2, 0.25) is 0 Å². The number of piperidine rings is 1. The van der Waals surface area contributed by atoms with Crippen LogP contribution < -0.4 is 5.32 Å². The van der Waals surface area contributed by atoms with Crippen molar-refractivity contribution < 1.29 is 0 Å². The molecule has 112 valence electrons. The van der Waals surface area contributed by atoms with Gasteiger partial charge in [0.1, 0.15) is 0 Å². The molecule has 1 saturated heterocycles. The van der Waals surface area contributed by atoms with Crippen LogP contribution in [0.15, 0.2) is 28.7 Å². The molecule has 2 nitrogen and oxygen atoms in total. The van der Waals surface area contributed by atoms with Crippen LogP contribution in [0, 0.1) is 11.8 Å². The van der Waals surface area contributed by atoms with Crippen molar-refractivity contribution in [2.45, 2.75) is 33.2 Å². The van der Waals surface area contributed by atoms with E-state index in [0.717, 1.165) is 24.9 Å². The Morgan fingerprint density at radius 3 is 3.00 bits per heavy atom. The van der Waals surface area contributed by atoms with Crippen molar-refractivity contribution in [2.75, 3.05) is 26.2 Å². The predicted octanol–water partition coefficient (Wildman–Crippen LogP) is 3.91. The van der Waals surface area contributed by atoms with Crippen LogP contribution in [0.2, 0.25) is 0 Å². The number of nitrogens with zero attached hydrogens (tertiary/aromatic N) is 1. The summed E-state index contributed by atoms with van der Waals surface area (Å²) < 4.78 is 1.18. The molecular weight excluding hydrogens is 312 g/mol. The average Bonchev–Trinajstić information content (AvgIpc) is 2.39. The van der Waals surface area contributed by atoms with E-state index in [2.05, 4.69) is 64.3 Å². The largest absolute Gasteiger partial charge is 0.316 e. The van der Waals surface area contributed by atoms with E-state index in [1.165, 1.54) is 42.5 Å². The van der Waals surface area contributed by atoms with Crippen molar-refractivity contribution >= 4 is 15.9 Å². The summed E-state index contributed by atoms with van der Waals surface area (Å²) in [6.07, 6.45) is 2.71. The van der Waals surface area contributed by atoms with Crippen LogP contribution in [0.25, 0.3) is 0 Å². The van der Waals surface area contributed by atoms with Gasteiger partial charge in [0.25, 0.3) is 0 Å². The third kappa shape index (κ3) is 5.55. The standard InChI is InChI=1S/C17H27BrN2/c1-14(2)10-19-11-16-6-4-8-20(13-16)12-15-5-3-7-17(18)9-15/h3,5,7,9,14,16,19H,4,6,8,10-13H2,1-2H3. The molecule has 1 heterocycles. The lowest BCUT2D eigenvalue weighted by Crippen LogP contribution is -2.39. The lowest BCUT2D eigenvalue weighted by atomic mass is 9.97. The van der Waals surface area contributed by atoms with Crippen LogP contribution in [-0.2, 0) is 6.54 Å². The number of halogens is 1. The predicted molar refractivity (Wildman–Crippen MR) is 89.9 cm³/mol. The summed E-state index contributed by atoms with van der Waals surface area (Å²) in [5, 5.41) is 3.61. The maximum absolute atomic E-state index is 3.61. The molecule has 1 aliphatic rings. The van der Waals surface area contributed by atoms with E-state index < -0.39 is 0 Å². The third-order valence-electron chi connectivity index (χ3n) is 3.88. The Morgan fingerprint density at radius 1 is 1.40 bits per heavy atom. The Bertz CT molecular complexity index is 406. The van der Waals surface area contributed by atoms with Crippen molar-refractivity contribution in [3.63, 3.8) is 0 Å². The first-order valence-electron chi connectivity index (χ1n) is 7.81. The summed E-state index contributed by atoms with van der Waals surface area (Å²) in [6.45, 7) is 10.4. The van der Waals surface area contributed by atoms with Crippen molar-refractivity contribution in [3.8, 4) is 0 Å². The van der Waals surface area contributed by atoms with Crippen LogP contribution in [0.5, 0.6) is 0 Å². The normalized spacial score (nSPS) is 20.5. The fourth-order valence-electron chi connectivity index (χ4n) is 2.93. The molecule has 1 unspecified atom stereocenters. The van der Waals surface area contributed by atoms with Gasteiger partial charge in [-0.05, 0) is 62.0 Å². The Balaban J connectivity index is 1.78. The molecule has 0 saturated carbocycles. The molecule has 0 spiro atoms. The zero-order valence-corrected chi connectivity index (χ0v) is 14.3. The fourth-order valence-corrected chi connectivity index (χ4v) is 3.38. The van der Waals surface area contributed by atoms with Crippen LogP contribution >= 0.6 is 15.9 Å². The molecule has 0 radical (unpaired) electrons. The first kappa shape index (κ1) is 16.0. The van der Waals surface area contributed by atoms with Gasteiger partial charge in [-0.15, -0.1) is 0 Å². The zero-order chi connectivity index (χ0) is 14.4. The number of hydrogen-bond acceptors (Lipinski definition) is 2. The number of hydrogen-bond donors (Lipinski definition) is 1. The minimum atomic E-state index is 0.747. The van der Waals surface area contributed by atoms with E-state index in [1.54, 1.807) is 0 Å². The lowest BCUT2D eigenvalue weighted by molar-refractivity contribution is 0.165. The van der Waals surface area contributed by atoms with Gasteiger partial charge in [-0.3, -0.25) is 4.90 Å². The van der Waals surface area contributed by atoms with Crippen LogP contribution in [0.4, 0.5) is 0 Å². The molecule has 1 aromatic carbocycles. The molecule has 1 atom stereocenters. The van der Waals surface area contributed by atoms with Crippen molar-refractivity contribution in [1.82, 2.24) is 10.2 Å². The smallest absolute Gasteiger partial charge is 0.0234 e. The van der Waals surface area contributed by atoms with Crippen molar-refractivity contribution in [3.05, 3.63) is 34.3 Å². The Hall–Kier alpha value is -0.380. The van der Waals surface area contributed by atoms with Crippen LogP contribution in [0.3, 0.4) is 0 Å². The number of nitrogens with one attached hydrogen (secondary N) is 1. The van der Waals surface area contributed by atoms with Gasteiger partial charge in [-0.1, -0.05) is 41.9 Å². The highest BCUT2D eigenvalue weighted by Gasteiger charge is 2.19. The number of likely N-dealkylation sites (tertiary alicyclic amines) is 1. The highest BCUT2D eigenvalue weighted by molar-refractivity contribution is 9.10. The molecule has 0 aliphatic carbocycles. The highest BCUT2D eigenvalue weighted by atomic mass is 79.9. The first-order chi connectivity index (χ1) is 9.63. The molecule has 0 bridgehead atoms. The minimum absolute atomic E-state index is 0.747. The van der Waals surface area contributed by atoms with E-state index >= 15 is 0 Å². The summed E-state index contributed by atoms with van der Waals surface area (Å²) in [6, 6.07) is 8.69. The molecule has 0 amide bonds. The van der Waals surface area contributed by atoms with Gasteiger partial charge < -0.3 is 5.32 Å². The van der Waals surface area contributed by atoms with Crippen molar-refractivity contribution in [1.29, 1.82) is 0 Å². The second kappa shape index (κ2) is 8.16. The van der Waals surface area contributed by atoms with Gasteiger partial charge in [-0.2, -0.15) is 0 Å². The Labute approximate surface area is 132 Å². The molecule has 2 rings (SSSR count). The van der Waals surface area contributed by atoms with Gasteiger partial charge in [0.15, 0.2) is 0 Å². The van der Waals surface area contributed by atoms with E-state index in [4.69, 9.17) is 0 Å². The number of benzene rings is 1. The summed E-state index contributed by atoms with van der Waals surface area (Å²) in [7, 11) is 0. The second-order valence-corrected chi connectivity index (χ2v) is 7.34. The molecule has 1 fully saturated rings. The fraction of sp³-hybridized carbons (Fsp3) is 0.647. The molecule has 0 aromatic heterocycles. The van der Waals surface area contributed by atoms with Gasteiger partial charge >= 0.3 is 0 Å². The third-order valence-corrected chi connectivity index (χ3v) is 4.38. The van der Waals surface area contributed by atoms with E-state index in [9.17, 15) is 0 Å². The van der Waals surface area contributed by atoms with Crippen LogP contribution in [-0.4, -0.2) is 31.1 Å². The number of rotatable bonds is 6. The van der Waals surface area contributed by atoms with E-state index in [1.807, 2.05) is 0 Å². The summed E-state index contributed by atoms with van der Waals surface area (Å²) in [4.78, 5) is 2.60. The molecule has 3 heteroatoms. The van der Waals surface area contributed by atoms with E-state index in [-0.39, 0.29) is 0 Å². The summed E-state index contributed by atoms with van der Waals surface area (Å²) in [5.74, 6) is 1.56.